The van der Waals surface area contributed by atoms with Gasteiger partial charge in [0.15, 0.2) is 0 Å². The van der Waals surface area contributed by atoms with Crippen molar-refractivity contribution in [3.05, 3.63) is 61.2 Å². The number of nitrogens with zero attached hydrogens (tertiary/aromatic N) is 3. The molecule has 0 saturated carbocycles. The number of aliphatic hydroxyl groups is 1. The average Bonchev–Trinajstić information content (AvgIpc) is 3.55. The molecular weight excluding hydrogens is 542 g/mol. The van der Waals surface area contributed by atoms with Crippen LogP contribution >= 0.6 is 0 Å². The minimum atomic E-state index is -1.13. The van der Waals surface area contributed by atoms with Gasteiger partial charge >= 0.3 is 0 Å². The van der Waals surface area contributed by atoms with Crippen LogP contribution in [0.4, 0.5) is 0 Å². The molecule has 4 rings (SSSR count). The van der Waals surface area contributed by atoms with Crippen molar-refractivity contribution in [3.63, 3.8) is 0 Å². The highest BCUT2D eigenvalue weighted by Crippen LogP contribution is 2.64. The van der Waals surface area contributed by atoms with Gasteiger partial charge in [-0.15, -0.1) is 13.2 Å². The van der Waals surface area contributed by atoms with Crippen LogP contribution < -0.4 is 0 Å². The van der Waals surface area contributed by atoms with Gasteiger partial charge in [-0.2, -0.15) is 0 Å². The Balaban J connectivity index is 1.77. The first-order valence-electron chi connectivity index (χ1n) is 16.0. The van der Waals surface area contributed by atoms with Gasteiger partial charge in [-0.25, -0.2) is 0 Å². The monoisotopic (exact) mass is 593 g/mol. The second kappa shape index (κ2) is 13.8. The lowest BCUT2D eigenvalue weighted by atomic mass is 9.66. The molecule has 3 aliphatic rings. The number of hydrogen-bond acceptors (Lipinski definition) is 5. The molecule has 0 aromatic heterocycles. The van der Waals surface area contributed by atoms with Gasteiger partial charge in [0.05, 0.1) is 30.1 Å². The third-order valence-electron chi connectivity index (χ3n) is 9.63. The zero-order chi connectivity index (χ0) is 31.4. The molecule has 0 aliphatic carbocycles. The molecule has 1 aromatic rings. The Morgan fingerprint density at radius 2 is 1.77 bits per heavy atom. The number of unbranched alkanes of at least 4 members (excludes halogenated alkanes) is 2. The van der Waals surface area contributed by atoms with Gasteiger partial charge in [0.2, 0.25) is 17.7 Å². The summed E-state index contributed by atoms with van der Waals surface area (Å²) in [5.74, 6) is -1.96. The van der Waals surface area contributed by atoms with Crippen LogP contribution in [0, 0.1) is 17.8 Å². The highest BCUT2D eigenvalue weighted by Gasteiger charge is 2.78. The van der Waals surface area contributed by atoms with E-state index in [1.165, 1.54) is 0 Å². The fraction of sp³-hybridized carbons (Fsp3) is 0.629. The predicted octanol–water partition coefficient (Wildman–Crippen LogP) is 4.58. The van der Waals surface area contributed by atoms with E-state index in [0.29, 0.717) is 45.4 Å². The number of carbonyl (C=O) groups excluding carboxylic acids is 3. The summed E-state index contributed by atoms with van der Waals surface area (Å²) in [5.41, 5.74) is -1.03. The Morgan fingerprint density at radius 1 is 1.09 bits per heavy atom. The van der Waals surface area contributed by atoms with E-state index in [9.17, 15) is 19.5 Å². The Morgan fingerprint density at radius 3 is 2.37 bits per heavy atom. The molecule has 236 valence electrons. The molecule has 1 N–H and O–H groups in total. The maximum Gasteiger partial charge on any atom is 0.248 e. The molecule has 3 fully saturated rings. The molecule has 3 heterocycles. The Labute approximate surface area is 257 Å². The summed E-state index contributed by atoms with van der Waals surface area (Å²) < 4.78 is 6.88. The minimum absolute atomic E-state index is 0.158. The molecule has 6 atom stereocenters. The second-order valence-electron chi connectivity index (χ2n) is 13.2. The van der Waals surface area contributed by atoms with E-state index in [4.69, 9.17) is 4.74 Å². The van der Waals surface area contributed by atoms with Crippen molar-refractivity contribution in [1.29, 1.82) is 0 Å². The van der Waals surface area contributed by atoms with Crippen molar-refractivity contribution in [1.82, 2.24) is 14.7 Å². The van der Waals surface area contributed by atoms with Crippen molar-refractivity contribution in [3.8, 4) is 0 Å². The number of amides is 3. The molecule has 3 saturated heterocycles. The van der Waals surface area contributed by atoms with E-state index in [0.717, 1.165) is 24.8 Å². The van der Waals surface area contributed by atoms with Gasteiger partial charge in [-0.1, -0.05) is 76.1 Å². The normalized spacial score (nSPS) is 28.2. The third-order valence-corrected chi connectivity index (χ3v) is 9.63. The highest BCUT2D eigenvalue weighted by atomic mass is 16.5. The first-order valence-corrected chi connectivity index (χ1v) is 16.0. The first kappa shape index (κ1) is 32.9. The van der Waals surface area contributed by atoms with Gasteiger partial charge in [-0.3, -0.25) is 14.4 Å². The van der Waals surface area contributed by atoms with Gasteiger partial charge < -0.3 is 24.5 Å². The van der Waals surface area contributed by atoms with Crippen LogP contribution in [0.2, 0.25) is 0 Å². The number of aliphatic hydroxyl groups excluding tert-OH is 1. The Bertz CT molecular complexity index is 1170. The van der Waals surface area contributed by atoms with E-state index in [1.807, 2.05) is 51.1 Å². The summed E-state index contributed by atoms with van der Waals surface area (Å²) >= 11 is 0. The van der Waals surface area contributed by atoms with Gasteiger partial charge in [-0.05, 0) is 44.1 Å². The molecule has 3 aliphatic heterocycles. The van der Waals surface area contributed by atoms with Crippen LogP contribution in [0.3, 0.4) is 0 Å². The molecular formula is C35H51N3O5. The molecule has 2 bridgehead atoms. The van der Waals surface area contributed by atoms with Gasteiger partial charge in [0.25, 0.3) is 0 Å². The maximum atomic E-state index is 14.7. The van der Waals surface area contributed by atoms with E-state index >= 15 is 0 Å². The van der Waals surface area contributed by atoms with E-state index in [1.54, 1.807) is 26.9 Å². The predicted molar refractivity (Wildman–Crippen MR) is 168 cm³/mol. The zero-order valence-corrected chi connectivity index (χ0v) is 26.5. The van der Waals surface area contributed by atoms with Crippen LogP contribution in [0.1, 0.15) is 71.8 Å². The molecule has 2 unspecified atom stereocenters. The third kappa shape index (κ3) is 6.18. The lowest BCUT2D eigenvalue weighted by Crippen LogP contribution is -2.59. The van der Waals surface area contributed by atoms with Crippen molar-refractivity contribution in [2.24, 2.45) is 17.8 Å². The highest BCUT2D eigenvalue weighted by molar-refractivity contribution is 5.99. The molecule has 1 aromatic carbocycles. The molecule has 8 heteroatoms. The minimum Gasteiger partial charge on any atom is -0.394 e. The molecule has 8 nitrogen and oxygen atoms in total. The zero-order valence-electron chi connectivity index (χ0n) is 26.5. The van der Waals surface area contributed by atoms with Crippen molar-refractivity contribution in [2.45, 2.75) is 96.1 Å². The fourth-order valence-corrected chi connectivity index (χ4v) is 7.79. The number of rotatable bonds is 16. The fourth-order valence-electron chi connectivity index (χ4n) is 7.79. The van der Waals surface area contributed by atoms with E-state index in [-0.39, 0.29) is 30.2 Å². The number of benzene rings is 1. The summed E-state index contributed by atoms with van der Waals surface area (Å²) in [7, 11) is 0. The van der Waals surface area contributed by atoms with Crippen molar-refractivity contribution in [2.75, 3.05) is 26.2 Å². The van der Waals surface area contributed by atoms with Crippen molar-refractivity contribution >= 4 is 17.7 Å². The Hall–Kier alpha value is -2.97. The SMILES string of the molecule is C=CCN(CCCCC)C(=O)C1N([C@@H](CO)CC(C)C)C(=O)[C@@H]2[C@H](C(=O)N(CC=C)Cc3ccccc3)[C@]3(C)CCC12O3. The number of fused-ring (bicyclic) bond motifs is 1. The lowest BCUT2D eigenvalue weighted by Gasteiger charge is -2.40. The molecule has 0 radical (unpaired) electrons. The Kier molecular flexibility index (Phi) is 10.5. The van der Waals surface area contributed by atoms with E-state index in [2.05, 4.69) is 20.1 Å². The van der Waals surface area contributed by atoms with Crippen LogP contribution in [0.15, 0.2) is 55.6 Å². The largest absolute Gasteiger partial charge is 0.394 e. The molecule has 43 heavy (non-hydrogen) atoms. The summed E-state index contributed by atoms with van der Waals surface area (Å²) in [4.78, 5) is 48.9. The molecule has 1 spiro atoms. The lowest BCUT2D eigenvalue weighted by molar-refractivity contribution is -0.157. The van der Waals surface area contributed by atoms with E-state index < -0.39 is 35.1 Å². The van der Waals surface area contributed by atoms with Crippen LogP contribution in [-0.4, -0.2) is 87.1 Å². The van der Waals surface area contributed by atoms with Gasteiger partial charge in [0.1, 0.15) is 11.6 Å². The van der Waals surface area contributed by atoms with Gasteiger partial charge in [0, 0.05) is 26.2 Å². The summed E-state index contributed by atoms with van der Waals surface area (Å²) in [6, 6.07) is 8.31. The quantitative estimate of drug-likeness (QED) is 0.224. The maximum absolute atomic E-state index is 14.7. The number of carbonyl (C=O) groups is 3. The first-order chi connectivity index (χ1) is 20.6. The van der Waals surface area contributed by atoms with Crippen LogP contribution in [-0.2, 0) is 25.7 Å². The smallest absolute Gasteiger partial charge is 0.248 e. The standard InChI is InChI=1S/C35H51N3O5/c1-7-10-14-21-36(19-8-2)33(42)30-35-18-17-34(6,43-35)28(29(35)32(41)38(30)27(24-39)22-25(4)5)31(40)37(20-9-3)23-26-15-12-11-13-16-26/h8-9,11-13,15-16,25,27-30,39H,2-3,7,10,14,17-24H2,1,4-6H3/t27-,28-,29+,30?,34+,35?/m1/s1. The van der Waals surface area contributed by atoms with Crippen LogP contribution in [0.5, 0.6) is 0 Å². The van der Waals surface area contributed by atoms with Crippen molar-refractivity contribution < 1.29 is 24.2 Å². The molecule has 3 amide bonds. The summed E-state index contributed by atoms with van der Waals surface area (Å²) in [5, 5.41) is 10.6. The number of likely N-dealkylation sites (tertiary alicyclic amines) is 1. The number of hydrogen-bond donors (Lipinski definition) is 1. The van der Waals surface area contributed by atoms with Crippen LogP contribution in [0.25, 0.3) is 0 Å². The second-order valence-corrected chi connectivity index (χ2v) is 13.2. The average molecular weight is 594 g/mol. The number of ether oxygens (including phenoxy) is 1. The summed E-state index contributed by atoms with van der Waals surface area (Å²) in [6.07, 6.45) is 7.89. The topological polar surface area (TPSA) is 90.4 Å². The summed E-state index contributed by atoms with van der Waals surface area (Å²) in [6.45, 7) is 17.3.